The van der Waals surface area contributed by atoms with Gasteiger partial charge in [-0.15, -0.1) is 0 Å². The molecule has 1 atom stereocenters. The third-order valence-corrected chi connectivity index (χ3v) is 4.43. The minimum absolute atomic E-state index is 0.236. The van der Waals surface area contributed by atoms with E-state index in [1.165, 1.54) is 0 Å². The Kier molecular flexibility index (Phi) is 6.50. The first kappa shape index (κ1) is 19.0. The molecule has 0 radical (unpaired) electrons. The van der Waals surface area contributed by atoms with Gasteiger partial charge in [-0.05, 0) is 36.8 Å². The highest BCUT2D eigenvalue weighted by molar-refractivity contribution is 6.22. The van der Waals surface area contributed by atoms with Crippen molar-refractivity contribution in [1.82, 2.24) is 14.9 Å². The number of amides is 1. The fraction of sp³-hybridized carbons (Fsp3) is 0.350. The first-order chi connectivity index (χ1) is 13.2. The zero-order chi connectivity index (χ0) is 19.1. The Balaban J connectivity index is 1.57. The van der Waals surface area contributed by atoms with Gasteiger partial charge in [-0.1, -0.05) is 24.4 Å². The second kappa shape index (κ2) is 9.24. The van der Waals surface area contributed by atoms with E-state index in [4.69, 9.17) is 16.3 Å². The molecule has 7 heteroatoms. The summed E-state index contributed by atoms with van der Waals surface area (Å²) in [6.07, 6.45) is 4.31. The molecule has 1 aliphatic heterocycles. The maximum Gasteiger partial charge on any atom is 0.299 e. The molecule has 27 heavy (non-hydrogen) atoms. The second-order valence-corrected chi connectivity index (χ2v) is 6.55. The van der Waals surface area contributed by atoms with Crippen LogP contribution in [-0.4, -0.2) is 52.5 Å². The lowest BCUT2D eigenvalue weighted by atomic mass is 10.2. The van der Waals surface area contributed by atoms with Gasteiger partial charge in [-0.2, -0.15) is 0 Å². The van der Waals surface area contributed by atoms with Crippen molar-refractivity contribution in [3.63, 3.8) is 0 Å². The van der Waals surface area contributed by atoms with Crippen molar-refractivity contribution in [2.75, 3.05) is 31.1 Å². The Hall–Kier alpha value is -2.78. The van der Waals surface area contributed by atoms with Gasteiger partial charge in [0.1, 0.15) is 11.3 Å². The van der Waals surface area contributed by atoms with Crippen LogP contribution >= 0.6 is 11.6 Å². The predicted molar refractivity (Wildman–Crippen MR) is 105 cm³/mol. The number of rotatable bonds is 4. The van der Waals surface area contributed by atoms with Crippen LogP contribution in [0.2, 0.25) is 0 Å². The van der Waals surface area contributed by atoms with E-state index in [1.54, 1.807) is 23.4 Å². The molecule has 3 rings (SSSR count). The summed E-state index contributed by atoms with van der Waals surface area (Å²) in [5.74, 6) is 6.74. The number of halogens is 1. The lowest BCUT2D eigenvalue weighted by Gasteiger charge is -2.37. The first-order valence-corrected chi connectivity index (χ1v) is 9.32. The molecule has 1 fully saturated rings. The van der Waals surface area contributed by atoms with E-state index in [0.717, 1.165) is 17.7 Å². The van der Waals surface area contributed by atoms with Crippen LogP contribution in [-0.2, 0) is 4.79 Å². The van der Waals surface area contributed by atoms with Crippen LogP contribution in [0, 0.1) is 11.8 Å². The number of hydrogen-bond donors (Lipinski definition) is 0. The minimum atomic E-state index is -0.387. The van der Waals surface area contributed by atoms with Crippen molar-refractivity contribution in [2.24, 2.45) is 0 Å². The summed E-state index contributed by atoms with van der Waals surface area (Å²) in [7, 11) is 0. The van der Waals surface area contributed by atoms with Crippen molar-refractivity contribution in [3.8, 4) is 17.6 Å². The topological polar surface area (TPSA) is 58.6 Å². The Labute approximate surface area is 164 Å². The smallest absolute Gasteiger partial charge is 0.299 e. The number of aromatic nitrogens is 2. The Morgan fingerprint density at radius 2 is 2.00 bits per heavy atom. The maximum absolute atomic E-state index is 12.4. The lowest BCUT2D eigenvalue weighted by Crippen LogP contribution is -2.53. The molecule has 0 saturated carbocycles. The molecule has 6 nitrogen and oxygen atoms in total. The number of ether oxygens (including phenoxy) is 1. The normalized spacial score (nSPS) is 16.4. The quantitative estimate of drug-likeness (QED) is 0.460. The fourth-order valence-corrected chi connectivity index (χ4v) is 3.00. The van der Waals surface area contributed by atoms with E-state index in [9.17, 15) is 4.79 Å². The number of nitrogens with zero attached hydrogens (tertiary/aromatic N) is 4. The molecule has 1 aromatic carbocycles. The average Bonchev–Trinajstić information content (AvgIpc) is 2.71. The van der Waals surface area contributed by atoms with Crippen LogP contribution in [0.1, 0.15) is 18.9 Å². The van der Waals surface area contributed by atoms with Gasteiger partial charge in [-0.25, -0.2) is 9.97 Å². The van der Waals surface area contributed by atoms with E-state index in [0.29, 0.717) is 32.2 Å². The number of alkyl halides is 1. The summed E-state index contributed by atoms with van der Waals surface area (Å²) >= 11 is 6.42. The predicted octanol–water partition coefficient (Wildman–Crippen LogP) is 2.53. The molecule has 2 aromatic rings. The molecule has 1 aromatic heterocycles. The van der Waals surface area contributed by atoms with Crippen LogP contribution in [0.5, 0.6) is 5.75 Å². The molecule has 1 amide bonds. The van der Waals surface area contributed by atoms with Crippen LogP contribution < -0.4 is 9.64 Å². The van der Waals surface area contributed by atoms with Gasteiger partial charge in [0.25, 0.3) is 5.91 Å². The van der Waals surface area contributed by atoms with E-state index in [1.807, 2.05) is 29.2 Å². The maximum atomic E-state index is 12.4. The van der Waals surface area contributed by atoms with Gasteiger partial charge in [0, 0.05) is 37.0 Å². The van der Waals surface area contributed by atoms with Gasteiger partial charge < -0.3 is 14.5 Å². The molecule has 0 aliphatic carbocycles. The Bertz CT molecular complexity index is 817. The number of carbonyl (C=O) groups is 1. The third kappa shape index (κ3) is 5.11. The summed E-state index contributed by atoms with van der Waals surface area (Å²) < 4.78 is 5.54. The molecule has 1 aliphatic rings. The summed E-state index contributed by atoms with van der Waals surface area (Å²) in [5.41, 5.74) is 0.382. The first-order valence-electron chi connectivity index (χ1n) is 8.89. The average molecular weight is 385 g/mol. The monoisotopic (exact) mass is 384 g/mol. The van der Waals surface area contributed by atoms with Crippen molar-refractivity contribution in [1.29, 1.82) is 0 Å². The van der Waals surface area contributed by atoms with Crippen LogP contribution in [0.4, 0.5) is 5.95 Å². The van der Waals surface area contributed by atoms with E-state index >= 15 is 0 Å². The Morgan fingerprint density at radius 1 is 1.26 bits per heavy atom. The van der Waals surface area contributed by atoms with E-state index in [-0.39, 0.29) is 11.4 Å². The minimum Gasteiger partial charge on any atom is -0.494 e. The number of carbonyl (C=O) groups excluding carboxylic acids is 1. The van der Waals surface area contributed by atoms with Gasteiger partial charge in [0.15, 0.2) is 0 Å². The van der Waals surface area contributed by atoms with Crippen molar-refractivity contribution < 1.29 is 9.53 Å². The molecular weight excluding hydrogens is 364 g/mol. The number of benzene rings is 1. The molecule has 140 valence electrons. The molecule has 1 saturated heterocycles. The largest absolute Gasteiger partial charge is 0.494 e. The molecule has 0 spiro atoms. The summed E-state index contributed by atoms with van der Waals surface area (Å²) in [6.45, 7) is 4.21. The highest BCUT2D eigenvalue weighted by Crippen LogP contribution is 2.18. The summed E-state index contributed by atoms with van der Waals surface area (Å²) in [6, 6.07) is 9.17. The van der Waals surface area contributed by atoms with Gasteiger partial charge >= 0.3 is 0 Å². The number of hydrogen-bond acceptors (Lipinski definition) is 5. The fourth-order valence-electron chi connectivity index (χ4n) is 2.65. The zero-order valence-electron chi connectivity index (χ0n) is 15.1. The molecule has 0 N–H and O–H groups in total. The Morgan fingerprint density at radius 3 is 2.67 bits per heavy atom. The molecule has 1 unspecified atom stereocenters. The van der Waals surface area contributed by atoms with Crippen LogP contribution in [0.3, 0.4) is 0 Å². The van der Waals surface area contributed by atoms with Crippen LogP contribution in [0.25, 0.3) is 0 Å². The standard InChI is InChI=1S/C20H21ClN4O2/c1-2-14-27-17-7-4-16(5-8-17)6-9-19(26)24-12-13-25(18(21)15-24)20-22-10-3-11-23-20/h3-5,7-8,10-11,18H,2,12-15H2,1H3. The van der Waals surface area contributed by atoms with Gasteiger partial charge in [0.2, 0.25) is 5.95 Å². The molecular formula is C20H21ClN4O2. The van der Waals surface area contributed by atoms with E-state index < -0.39 is 0 Å². The molecule has 2 heterocycles. The van der Waals surface area contributed by atoms with Crippen molar-refractivity contribution in [3.05, 3.63) is 48.3 Å². The number of piperazine rings is 1. The number of anilines is 1. The van der Waals surface area contributed by atoms with Crippen molar-refractivity contribution >= 4 is 23.5 Å². The zero-order valence-corrected chi connectivity index (χ0v) is 15.9. The third-order valence-electron chi connectivity index (χ3n) is 4.06. The second-order valence-electron chi connectivity index (χ2n) is 6.05. The highest BCUT2D eigenvalue weighted by atomic mass is 35.5. The summed E-state index contributed by atoms with van der Waals surface area (Å²) in [4.78, 5) is 24.4. The lowest BCUT2D eigenvalue weighted by molar-refractivity contribution is -0.125. The highest BCUT2D eigenvalue weighted by Gasteiger charge is 2.28. The van der Waals surface area contributed by atoms with Gasteiger partial charge in [0.05, 0.1) is 13.2 Å². The van der Waals surface area contributed by atoms with Crippen molar-refractivity contribution in [2.45, 2.75) is 18.8 Å². The van der Waals surface area contributed by atoms with Crippen LogP contribution in [0.15, 0.2) is 42.7 Å². The van der Waals surface area contributed by atoms with E-state index in [2.05, 4.69) is 28.7 Å². The van der Waals surface area contributed by atoms with Gasteiger partial charge in [-0.3, -0.25) is 4.79 Å². The molecule has 0 bridgehead atoms. The SMILES string of the molecule is CCCOc1ccc(C#CC(=O)N2CCN(c3ncccn3)C(Cl)C2)cc1. The summed E-state index contributed by atoms with van der Waals surface area (Å²) in [5, 5.41) is 0.